The maximum Gasteiger partial charge on any atom is 0.243 e. The first-order valence-corrected chi connectivity index (χ1v) is 11.5. The van der Waals surface area contributed by atoms with Crippen molar-refractivity contribution in [3.05, 3.63) is 48.0 Å². The number of likely N-dealkylation sites (tertiary alicyclic amines) is 1. The second-order valence-electron chi connectivity index (χ2n) is 8.93. The summed E-state index contributed by atoms with van der Waals surface area (Å²) in [5, 5.41) is 17.4. The molecule has 1 aliphatic heterocycles. The van der Waals surface area contributed by atoms with Crippen LogP contribution in [-0.4, -0.2) is 65.5 Å². The maximum atomic E-state index is 13.1. The van der Waals surface area contributed by atoms with Gasteiger partial charge in [-0.3, -0.25) is 14.4 Å². The van der Waals surface area contributed by atoms with E-state index in [2.05, 4.69) is 10.6 Å². The average Bonchev–Trinajstić information content (AvgIpc) is 3.31. The van der Waals surface area contributed by atoms with E-state index in [9.17, 15) is 19.5 Å². The molecule has 1 aliphatic rings. The zero-order valence-electron chi connectivity index (χ0n) is 19.3. The van der Waals surface area contributed by atoms with Crippen LogP contribution in [0.3, 0.4) is 0 Å². The van der Waals surface area contributed by atoms with E-state index >= 15 is 0 Å². The van der Waals surface area contributed by atoms with Crippen LogP contribution in [0.25, 0.3) is 10.8 Å². The second kappa shape index (κ2) is 11.2. The van der Waals surface area contributed by atoms with Gasteiger partial charge in [-0.05, 0) is 29.2 Å². The van der Waals surface area contributed by atoms with E-state index in [0.29, 0.717) is 13.0 Å². The number of nitrogens with one attached hydrogen (secondary N) is 2. The Morgan fingerprint density at radius 2 is 1.88 bits per heavy atom. The smallest absolute Gasteiger partial charge is 0.243 e. The van der Waals surface area contributed by atoms with Crippen molar-refractivity contribution in [1.29, 1.82) is 0 Å². The van der Waals surface area contributed by atoms with Crippen LogP contribution in [0, 0.1) is 5.92 Å². The lowest BCUT2D eigenvalue weighted by molar-refractivity contribution is -0.141. The van der Waals surface area contributed by atoms with Crippen LogP contribution in [-0.2, 0) is 20.8 Å². The van der Waals surface area contributed by atoms with Gasteiger partial charge in [-0.25, -0.2) is 0 Å². The van der Waals surface area contributed by atoms with Crippen LogP contribution < -0.4 is 16.4 Å². The molecule has 0 radical (unpaired) electrons. The van der Waals surface area contributed by atoms with Crippen molar-refractivity contribution in [2.75, 3.05) is 19.6 Å². The topological polar surface area (TPSA) is 125 Å². The van der Waals surface area contributed by atoms with Crippen LogP contribution >= 0.6 is 0 Å². The summed E-state index contributed by atoms with van der Waals surface area (Å²) in [5.74, 6) is -0.993. The number of aliphatic hydroxyl groups excluding tert-OH is 1. The van der Waals surface area contributed by atoms with Gasteiger partial charge in [-0.1, -0.05) is 56.3 Å². The predicted molar refractivity (Wildman–Crippen MR) is 127 cm³/mol. The molecule has 0 aromatic heterocycles. The van der Waals surface area contributed by atoms with Gasteiger partial charge in [0, 0.05) is 32.0 Å². The summed E-state index contributed by atoms with van der Waals surface area (Å²) in [7, 11) is 0. The summed E-state index contributed by atoms with van der Waals surface area (Å²) in [5.41, 5.74) is 6.33. The zero-order chi connectivity index (χ0) is 24.0. The Bertz CT molecular complexity index is 993. The van der Waals surface area contributed by atoms with Gasteiger partial charge >= 0.3 is 0 Å². The molecule has 8 heteroatoms. The summed E-state index contributed by atoms with van der Waals surface area (Å²) in [6, 6.07) is 12.4. The summed E-state index contributed by atoms with van der Waals surface area (Å²) in [6.07, 6.45) is 0.743. The Morgan fingerprint density at radius 3 is 2.58 bits per heavy atom. The number of rotatable bonds is 9. The summed E-state index contributed by atoms with van der Waals surface area (Å²) in [4.78, 5) is 40.2. The van der Waals surface area contributed by atoms with Gasteiger partial charge in [0.25, 0.3) is 0 Å². The lowest BCUT2D eigenvalue weighted by Crippen LogP contribution is -2.55. The van der Waals surface area contributed by atoms with Crippen molar-refractivity contribution in [3.63, 3.8) is 0 Å². The standard InChI is InChI=1S/C25H34N4O4/c1-16(2)25(33)29-11-5-8-22(29)24(32)28-21(23(31)27-15-20(30)14-26)13-17-9-10-18-6-3-4-7-19(18)12-17/h3-4,6-7,9-10,12,16,20-22,30H,5,8,11,13-15,26H2,1-2H3,(H,27,31)(H,28,32)/t20?,21-,22?/m1/s1. The van der Waals surface area contributed by atoms with Gasteiger partial charge < -0.3 is 26.4 Å². The van der Waals surface area contributed by atoms with Gasteiger partial charge in [0.15, 0.2) is 0 Å². The number of hydrogen-bond acceptors (Lipinski definition) is 5. The molecule has 3 atom stereocenters. The minimum Gasteiger partial charge on any atom is -0.390 e. The lowest BCUT2D eigenvalue weighted by atomic mass is 10.0. The Labute approximate surface area is 194 Å². The predicted octanol–water partition coefficient (Wildman–Crippen LogP) is 0.950. The highest BCUT2D eigenvalue weighted by Crippen LogP contribution is 2.21. The molecule has 1 saturated heterocycles. The van der Waals surface area contributed by atoms with Crippen LogP contribution in [0.15, 0.2) is 42.5 Å². The molecule has 178 valence electrons. The Balaban J connectivity index is 1.77. The molecule has 2 aromatic carbocycles. The number of carbonyl (C=O) groups is 3. The van der Waals surface area contributed by atoms with Crippen LogP contribution in [0.4, 0.5) is 0 Å². The van der Waals surface area contributed by atoms with Crippen LogP contribution in [0.2, 0.25) is 0 Å². The van der Waals surface area contributed by atoms with Crippen LogP contribution in [0.5, 0.6) is 0 Å². The average molecular weight is 455 g/mol. The lowest BCUT2D eigenvalue weighted by Gasteiger charge is -2.27. The molecule has 0 bridgehead atoms. The molecular formula is C25H34N4O4. The van der Waals surface area contributed by atoms with E-state index < -0.39 is 24.1 Å². The van der Waals surface area contributed by atoms with Gasteiger partial charge in [0.1, 0.15) is 12.1 Å². The SMILES string of the molecule is CC(C)C(=O)N1CCCC1C(=O)N[C@H](Cc1ccc2ccccc2c1)C(=O)NCC(O)CN. The summed E-state index contributed by atoms with van der Waals surface area (Å²) < 4.78 is 0. The highest BCUT2D eigenvalue weighted by atomic mass is 16.3. The molecule has 1 heterocycles. The molecule has 0 aliphatic carbocycles. The summed E-state index contributed by atoms with van der Waals surface area (Å²) in [6.45, 7) is 4.19. The van der Waals surface area contributed by atoms with Crippen molar-refractivity contribution >= 4 is 28.5 Å². The number of nitrogens with two attached hydrogens (primary N) is 1. The van der Waals surface area contributed by atoms with Gasteiger partial charge in [-0.15, -0.1) is 0 Å². The zero-order valence-corrected chi connectivity index (χ0v) is 19.3. The molecule has 5 N–H and O–H groups in total. The quantitative estimate of drug-likeness (QED) is 0.449. The molecule has 8 nitrogen and oxygen atoms in total. The minimum atomic E-state index is -0.861. The van der Waals surface area contributed by atoms with E-state index in [0.717, 1.165) is 22.8 Å². The van der Waals surface area contributed by atoms with E-state index in [1.165, 1.54) is 0 Å². The van der Waals surface area contributed by atoms with Gasteiger partial charge in [-0.2, -0.15) is 0 Å². The number of nitrogens with zero attached hydrogens (tertiary/aromatic N) is 1. The molecule has 1 fully saturated rings. The van der Waals surface area contributed by atoms with Gasteiger partial charge in [0.2, 0.25) is 17.7 Å². The van der Waals surface area contributed by atoms with Crippen molar-refractivity contribution in [2.45, 2.75) is 51.3 Å². The third kappa shape index (κ3) is 6.30. The molecule has 33 heavy (non-hydrogen) atoms. The number of carbonyl (C=O) groups excluding carboxylic acids is 3. The van der Waals surface area contributed by atoms with E-state index in [1.54, 1.807) is 4.90 Å². The fourth-order valence-electron chi connectivity index (χ4n) is 4.14. The van der Waals surface area contributed by atoms with Crippen molar-refractivity contribution in [1.82, 2.24) is 15.5 Å². The Morgan fingerprint density at radius 1 is 1.15 bits per heavy atom. The number of aliphatic hydroxyl groups is 1. The molecule has 0 saturated carbocycles. The van der Waals surface area contributed by atoms with Crippen molar-refractivity contribution in [3.8, 4) is 0 Å². The Kier molecular flexibility index (Phi) is 8.41. The Hall–Kier alpha value is -2.97. The third-order valence-electron chi connectivity index (χ3n) is 6.00. The van der Waals surface area contributed by atoms with E-state index in [1.807, 2.05) is 56.3 Å². The monoisotopic (exact) mass is 454 g/mol. The summed E-state index contributed by atoms with van der Waals surface area (Å²) >= 11 is 0. The number of fused-ring (bicyclic) bond motifs is 1. The van der Waals surface area contributed by atoms with Crippen molar-refractivity contribution in [2.24, 2.45) is 11.7 Å². The van der Waals surface area contributed by atoms with E-state index in [4.69, 9.17) is 5.73 Å². The normalized spacial score (nSPS) is 17.7. The molecule has 2 unspecified atom stereocenters. The highest BCUT2D eigenvalue weighted by molar-refractivity contribution is 5.93. The fraction of sp³-hybridized carbons (Fsp3) is 0.480. The third-order valence-corrected chi connectivity index (χ3v) is 6.00. The first kappa shape index (κ1) is 24.7. The minimum absolute atomic E-state index is 0.000807. The van der Waals surface area contributed by atoms with Gasteiger partial charge in [0.05, 0.1) is 6.10 Å². The first-order valence-electron chi connectivity index (χ1n) is 11.5. The second-order valence-corrected chi connectivity index (χ2v) is 8.93. The molecule has 2 aromatic rings. The maximum absolute atomic E-state index is 13.1. The molecule has 3 rings (SSSR count). The fourth-order valence-corrected chi connectivity index (χ4v) is 4.14. The highest BCUT2D eigenvalue weighted by Gasteiger charge is 2.36. The van der Waals surface area contributed by atoms with Crippen molar-refractivity contribution < 1.29 is 19.5 Å². The number of benzene rings is 2. The molecule has 3 amide bonds. The van der Waals surface area contributed by atoms with Crippen LogP contribution in [0.1, 0.15) is 32.3 Å². The number of amides is 3. The molecular weight excluding hydrogens is 420 g/mol. The number of hydrogen-bond donors (Lipinski definition) is 4. The first-order chi connectivity index (χ1) is 15.8. The van der Waals surface area contributed by atoms with E-state index in [-0.39, 0.29) is 37.2 Å². The largest absolute Gasteiger partial charge is 0.390 e. The molecule has 0 spiro atoms.